The topological polar surface area (TPSA) is 90.9 Å². The maximum atomic E-state index is 12.6. The zero-order chi connectivity index (χ0) is 17.8. The number of rotatable bonds is 5. The van der Waals surface area contributed by atoms with Gasteiger partial charge in [-0.05, 0) is 50.3 Å². The molecule has 3 N–H and O–H groups in total. The molecular weight excluding hydrogens is 322 g/mol. The number of hydrogen-bond donors (Lipinski definition) is 3. The number of piperidine rings is 1. The Morgan fingerprint density at radius 2 is 2.08 bits per heavy atom. The van der Waals surface area contributed by atoms with E-state index in [1.165, 1.54) is 7.11 Å². The zero-order valence-electron chi connectivity index (χ0n) is 14.5. The predicted octanol–water partition coefficient (Wildman–Crippen LogP) is 1.97. The van der Waals surface area contributed by atoms with Crippen LogP contribution >= 0.6 is 0 Å². The molecule has 7 nitrogen and oxygen atoms in total. The molecule has 1 aliphatic heterocycles. The molecule has 1 saturated carbocycles. The molecule has 7 heteroatoms. The molecule has 1 aromatic carbocycles. The molecule has 25 heavy (non-hydrogen) atoms. The van der Waals surface area contributed by atoms with Gasteiger partial charge in [-0.15, -0.1) is 0 Å². The van der Waals surface area contributed by atoms with Crippen LogP contribution in [0.2, 0.25) is 0 Å². The lowest BCUT2D eigenvalue weighted by Crippen LogP contribution is -2.47. The Morgan fingerprint density at radius 3 is 2.76 bits per heavy atom. The predicted molar refractivity (Wildman–Crippen MR) is 93.9 cm³/mol. The number of ether oxygens (including phenoxy) is 1. The van der Waals surface area contributed by atoms with Crippen LogP contribution in [-0.2, 0) is 0 Å². The summed E-state index contributed by atoms with van der Waals surface area (Å²) in [4.78, 5) is 26.5. The van der Waals surface area contributed by atoms with E-state index in [9.17, 15) is 14.7 Å². The summed E-state index contributed by atoms with van der Waals surface area (Å²) in [5.41, 5.74) is 0.943. The summed E-state index contributed by atoms with van der Waals surface area (Å²) in [5.74, 6) is 0.348. The van der Waals surface area contributed by atoms with Crippen molar-refractivity contribution < 1.29 is 19.4 Å². The minimum atomic E-state index is -0.281. The van der Waals surface area contributed by atoms with E-state index in [-0.39, 0.29) is 30.6 Å². The van der Waals surface area contributed by atoms with Gasteiger partial charge in [-0.1, -0.05) is 0 Å². The molecule has 0 aromatic heterocycles. The molecule has 0 radical (unpaired) electrons. The van der Waals surface area contributed by atoms with Gasteiger partial charge in [0, 0.05) is 18.2 Å². The number of likely N-dealkylation sites (tertiary alicyclic amines) is 1. The molecule has 0 spiro atoms. The summed E-state index contributed by atoms with van der Waals surface area (Å²) < 4.78 is 5.30. The summed E-state index contributed by atoms with van der Waals surface area (Å²) in [7, 11) is 1.52. The quantitative estimate of drug-likeness (QED) is 0.759. The Balaban J connectivity index is 1.74. The second-order valence-corrected chi connectivity index (χ2v) is 6.62. The van der Waals surface area contributed by atoms with E-state index < -0.39 is 0 Å². The van der Waals surface area contributed by atoms with Crippen LogP contribution in [0.25, 0.3) is 0 Å². The third kappa shape index (κ3) is 4.22. The van der Waals surface area contributed by atoms with Crippen LogP contribution in [0.1, 0.15) is 42.5 Å². The van der Waals surface area contributed by atoms with E-state index in [0.717, 1.165) is 32.1 Å². The fraction of sp³-hybridized carbons (Fsp3) is 0.556. The van der Waals surface area contributed by atoms with Crippen molar-refractivity contribution in [3.05, 3.63) is 23.8 Å². The van der Waals surface area contributed by atoms with Crippen LogP contribution in [0.3, 0.4) is 0 Å². The van der Waals surface area contributed by atoms with E-state index in [1.54, 1.807) is 23.1 Å². The first-order valence-corrected chi connectivity index (χ1v) is 8.79. The second-order valence-electron chi connectivity index (χ2n) is 6.62. The van der Waals surface area contributed by atoms with Gasteiger partial charge in [-0.2, -0.15) is 0 Å². The monoisotopic (exact) mass is 347 g/mol. The van der Waals surface area contributed by atoms with Gasteiger partial charge in [0.25, 0.3) is 5.91 Å². The highest BCUT2D eigenvalue weighted by atomic mass is 16.5. The molecule has 2 aliphatic rings. The molecule has 2 fully saturated rings. The third-order valence-electron chi connectivity index (χ3n) is 4.71. The number of anilines is 1. The number of aliphatic hydroxyl groups is 1. The van der Waals surface area contributed by atoms with Crippen LogP contribution in [0, 0.1) is 0 Å². The zero-order valence-corrected chi connectivity index (χ0v) is 14.5. The smallest absolute Gasteiger partial charge is 0.322 e. The van der Waals surface area contributed by atoms with Crippen molar-refractivity contribution in [2.75, 3.05) is 25.6 Å². The summed E-state index contributed by atoms with van der Waals surface area (Å²) in [6.45, 7) is 0.565. The molecule has 3 amide bonds. The number of carbonyl (C=O) groups excluding carboxylic acids is 2. The lowest BCUT2D eigenvalue weighted by atomic mass is 10.0. The number of amides is 3. The summed E-state index contributed by atoms with van der Waals surface area (Å²) in [6.07, 6.45) is 4.76. The average Bonchev–Trinajstić information content (AvgIpc) is 3.45. The van der Waals surface area contributed by atoms with E-state index in [0.29, 0.717) is 23.5 Å². The van der Waals surface area contributed by atoms with Crippen molar-refractivity contribution in [2.45, 2.75) is 44.2 Å². The van der Waals surface area contributed by atoms with E-state index in [1.807, 2.05) is 0 Å². The SMILES string of the molecule is COc1ccc(C(=O)NC2CC2)cc1NC(=O)N1CCCCC1CO. The first-order valence-electron chi connectivity index (χ1n) is 8.79. The molecule has 1 heterocycles. The third-order valence-corrected chi connectivity index (χ3v) is 4.71. The maximum absolute atomic E-state index is 12.6. The van der Waals surface area contributed by atoms with Gasteiger partial charge in [-0.25, -0.2) is 4.79 Å². The Morgan fingerprint density at radius 1 is 1.28 bits per heavy atom. The number of carbonyl (C=O) groups is 2. The Bertz CT molecular complexity index is 645. The number of nitrogens with one attached hydrogen (secondary N) is 2. The first-order chi connectivity index (χ1) is 12.1. The number of hydrogen-bond acceptors (Lipinski definition) is 4. The second kappa shape index (κ2) is 7.74. The van der Waals surface area contributed by atoms with Crippen LogP contribution in [0.15, 0.2) is 18.2 Å². The number of methoxy groups -OCH3 is 1. The highest BCUT2D eigenvalue weighted by Gasteiger charge is 2.27. The molecule has 1 aromatic rings. The van der Waals surface area contributed by atoms with Crippen molar-refractivity contribution in [2.24, 2.45) is 0 Å². The lowest BCUT2D eigenvalue weighted by molar-refractivity contribution is 0.0951. The van der Waals surface area contributed by atoms with Gasteiger partial charge in [0.1, 0.15) is 5.75 Å². The number of aliphatic hydroxyl groups excluding tert-OH is 1. The van der Waals surface area contributed by atoms with E-state index in [4.69, 9.17) is 4.74 Å². The Hall–Kier alpha value is -2.28. The fourth-order valence-corrected chi connectivity index (χ4v) is 3.09. The molecule has 1 atom stereocenters. The standard InChI is InChI=1S/C18H25N3O4/c1-25-16-8-5-12(17(23)19-13-6-7-13)10-15(16)20-18(24)21-9-3-2-4-14(21)11-22/h5,8,10,13-14,22H,2-4,6-7,9,11H2,1H3,(H,19,23)(H,20,24). The van der Waals surface area contributed by atoms with Gasteiger partial charge in [0.05, 0.1) is 25.4 Å². The van der Waals surface area contributed by atoms with E-state index >= 15 is 0 Å². The highest BCUT2D eigenvalue weighted by Crippen LogP contribution is 2.28. The molecule has 1 saturated heterocycles. The van der Waals surface area contributed by atoms with Crippen LogP contribution in [0.5, 0.6) is 5.75 Å². The van der Waals surface area contributed by atoms with Crippen LogP contribution < -0.4 is 15.4 Å². The number of urea groups is 1. The molecule has 136 valence electrons. The van der Waals surface area contributed by atoms with Gasteiger partial charge in [-0.3, -0.25) is 4.79 Å². The Labute approximate surface area is 147 Å². The van der Waals surface area contributed by atoms with Gasteiger partial charge < -0.3 is 25.4 Å². The minimum absolute atomic E-state index is 0.0472. The van der Waals surface area contributed by atoms with Crippen molar-refractivity contribution in [3.63, 3.8) is 0 Å². The molecule has 0 bridgehead atoms. The number of nitrogens with zero attached hydrogens (tertiary/aromatic N) is 1. The molecular formula is C18H25N3O4. The van der Waals surface area contributed by atoms with Crippen LogP contribution in [0.4, 0.5) is 10.5 Å². The van der Waals surface area contributed by atoms with Crippen molar-refractivity contribution in [1.29, 1.82) is 0 Å². The largest absolute Gasteiger partial charge is 0.495 e. The Kier molecular flexibility index (Phi) is 5.43. The summed E-state index contributed by atoms with van der Waals surface area (Å²) in [6, 6.07) is 4.82. The summed E-state index contributed by atoms with van der Waals surface area (Å²) >= 11 is 0. The van der Waals surface area contributed by atoms with Crippen molar-refractivity contribution in [3.8, 4) is 5.75 Å². The normalized spacial score (nSPS) is 20.1. The average molecular weight is 347 g/mol. The maximum Gasteiger partial charge on any atom is 0.322 e. The van der Waals surface area contributed by atoms with Gasteiger partial charge >= 0.3 is 6.03 Å². The number of benzene rings is 1. The fourth-order valence-electron chi connectivity index (χ4n) is 3.09. The van der Waals surface area contributed by atoms with Gasteiger partial charge in [0.15, 0.2) is 0 Å². The minimum Gasteiger partial charge on any atom is -0.495 e. The molecule has 3 rings (SSSR count). The molecule has 1 aliphatic carbocycles. The van der Waals surface area contributed by atoms with E-state index in [2.05, 4.69) is 10.6 Å². The lowest BCUT2D eigenvalue weighted by Gasteiger charge is -2.34. The molecule has 1 unspecified atom stereocenters. The van der Waals surface area contributed by atoms with Gasteiger partial charge in [0.2, 0.25) is 0 Å². The first kappa shape index (κ1) is 17.5. The highest BCUT2D eigenvalue weighted by molar-refractivity contribution is 5.98. The van der Waals surface area contributed by atoms with Crippen molar-refractivity contribution in [1.82, 2.24) is 10.2 Å². The summed E-state index contributed by atoms with van der Waals surface area (Å²) in [5, 5.41) is 15.2. The van der Waals surface area contributed by atoms with Crippen molar-refractivity contribution >= 4 is 17.6 Å². The van der Waals surface area contributed by atoms with Crippen LogP contribution in [-0.4, -0.2) is 54.3 Å².